The molecule has 0 atom stereocenters. The zero-order valence-corrected chi connectivity index (χ0v) is 13.3. The molecule has 2 rings (SSSR count). The van der Waals surface area contributed by atoms with Crippen molar-refractivity contribution >= 4 is 21.7 Å². The van der Waals surface area contributed by atoms with Gasteiger partial charge in [0.1, 0.15) is 4.90 Å². The Hall–Kier alpha value is -2.35. The molecule has 0 spiro atoms. The monoisotopic (exact) mass is 323 g/mol. The standard InChI is InChI=1S/C14H17N3O4S/c1-4-21-14(18)11-5-7-12(8-6-11)16-22(19,20)13-9-17(3)15-10(13)2/h5-9,16H,4H2,1-3H3. The Morgan fingerprint density at radius 1 is 1.32 bits per heavy atom. The second-order valence-electron chi connectivity index (χ2n) is 4.66. The second kappa shape index (κ2) is 6.18. The molecule has 0 aliphatic rings. The Kier molecular flexibility index (Phi) is 4.51. The van der Waals surface area contributed by atoms with Crippen molar-refractivity contribution in [2.75, 3.05) is 11.3 Å². The third-order valence-corrected chi connectivity index (χ3v) is 4.39. The predicted molar refractivity (Wildman–Crippen MR) is 81.2 cm³/mol. The van der Waals surface area contributed by atoms with Crippen LogP contribution < -0.4 is 4.72 Å². The topological polar surface area (TPSA) is 90.3 Å². The average molecular weight is 323 g/mol. The number of carbonyl (C=O) groups is 1. The van der Waals surface area contributed by atoms with E-state index in [-0.39, 0.29) is 11.5 Å². The minimum atomic E-state index is -3.72. The zero-order chi connectivity index (χ0) is 16.3. The Balaban J connectivity index is 2.20. The summed E-state index contributed by atoms with van der Waals surface area (Å²) in [5, 5.41) is 4.01. The summed E-state index contributed by atoms with van der Waals surface area (Å²) in [4.78, 5) is 11.7. The highest BCUT2D eigenvalue weighted by molar-refractivity contribution is 7.92. The summed E-state index contributed by atoms with van der Waals surface area (Å²) in [7, 11) is -2.06. The number of hydrogen-bond donors (Lipinski definition) is 1. The van der Waals surface area contributed by atoms with Gasteiger partial charge < -0.3 is 4.74 Å². The van der Waals surface area contributed by atoms with Crippen LogP contribution in [0.2, 0.25) is 0 Å². The lowest BCUT2D eigenvalue weighted by Gasteiger charge is -2.08. The van der Waals surface area contributed by atoms with E-state index in [1.54, 1.807) is 20.9 Å². The molecule has 0 saturated heterocycles. The van der Waals surface area contributed by atoms with E-state index in [4.69, 9.17) is 4.74 Å². The van der Waals surface area contributed by atoms with Gasteiger partial charge in [-0.05, 0) is 38.1 Å². The lowest BCUT2D eigenvalue weighted by atomic mass is 10.2. The first-order valence-corrected chi connectivity index (χ1v) is 8.12. The maximum Gasteiger partial charge on any atom is 0.338 e. The van der Waals surface area contributed by atoms with Crippen LogP contribution in [0.1, 0.15) is 23.0 Å². The van der Waals surface area contributed by atoms with Crippen LogP contribution in [-0.4, -0.2) is 30.8 Å². The number of aromatic nitrogens is 2. The molecule has 22 heavy (non-hydrogen) atoms. The summed E-state index contributed by atoms with van der Waals surface area (Å²) in [5.41, 5.74) is 1.14. The summed E-state index contributed by atoms with van der Waals surface area (Å²) >= 11 is 0. The third kappa shape index (κ3) is 3.45. The molecular formula is C14H17N3O4S. The molecule has 0 bridgehead atoms. The number of nitrogens with zero attached hydrogens (tertiary/aromatic N) is 2. The number of hydrogen-bond acceptors (Lipinski definition) is 5. The van der Waals surface area contributed by atoms with Gasteiger partial charge in [0.2, 0.25) is 0 Å². The van der Waals surface area contributed by atoms with Crippen LogP contribution in [-0.2, 0) is 21.8 Å². The Labute approximate surface area is 129 Å². The molecule has 0 radical (unpaired) electrons. The van der Waals surface area contributed by atoms with Gasteiger partial charge in [-0.2, -0.15) is 5.10 Å². The van der Waals surface area contributed by atoms with Gasteiger partial charge in [-0.25, -0.2) is 13.2 Å². The molecule has 0 unspecified atom stereocenters. The molecule has 2 aromatic rings. The van der Waals surface area contributed by atoms with Crippen molar-refractivity contribution < 1.29 is 17.9 Å². The molecule has 1 aromatic heterocycles. The lowest BCUT2D eigenvalue weighted by Crippen LogP contribution is -2.13. The van der Waals surface area contributed by atoms with Crippen molar-refractivity contribution in [2.24, 2.45) is 7.05 Å². The van der Waals surface area contributed by atoms with E-state index in [1.807, 2.05) is 0 Å². The molecule has 0 aliphatic heterocycles. The highest BCUT2D eigenvalue weighted by Crippen LogP contribution is 2.19. The smallest absolute Gasteiger partial charge is 0.338 e. The largest absolute Gasteiger partial charge is 0.462 e. The average Bonchev–Trinajstić information content (AvgIpc) is 2.79. The van der Waals surface area contributed by atoms with E-state index in [1.165, 1.54) is 35.1 Å². The predicted octanol–water partition coefficient (Wildman–Crippen LogP) is 1.71. The van der Waals surface area contributed by atoms with Crippen LogP contribution in [0.15, 0.2) is 35.4 Å². The van der Waals surface area contributed by atoms with Gasteiger partial charge in [-0.1, -0.05) is 0 Å². The van der Waals surface area contributed by atoms with Crippen LogP contribution in [0, 0.1) is 6.92 Å². The zero-order valence-electron chi connectivity index (χ0n) is 12.5. The Morgan fingerprint density at radius 2 is 1.95 bits per heavy atom. The van der Waals surface area contributed by atoms with Gasteiger partial charge in [0.05, 0.1) is 17.9 Å². The molecule has 118 valence electrons. The lowest BCUT2D eigenvalue weighted by molar-refractivity contribution is 0.0526. The van der Waals surface area contributed by atoms with Crippen molar-refractivity contribution in [3.63, 3.8) is 0 Å². The summed E-state index contributed by atoms with van der Waals surface area (Å²) in [6, 6.07) is 6.03. The number of aryl methyl sites for hydroxylation is 2. The van der Waals surface area contributed by atoms with E-state index >= 15 is 0 Å². The number of carbonyl (C=O) groups excluding carboxylic acids is 1. The van der Waals surface area contributed by atoms with Gasteiger partial charge in [-0.15, -0.1) is 0 Å². The van der Waals surface area contributed by atoms with Crippen LogP contribution in [0.5, 0.6) is 0 Å². The fourth-order valence-electron chi connectivity index (χ4n) is 1.94. The molecule has 7 nitrogen and oxygen atoms in total. The van der Waals surface area contributed by atoms with Gasteiger partial charge >= 0.3 is 5.97 Å². The number of sulfonamides is 1. The van der Waals surface area contributed by atoms with Gasteiger partial charge in [0.25, 0.3) is 10.0 Å². The minimum Gasteiger partial charge on any atom is -0.462 e. The normalized spacial score (nSPS) is 11.2. The fraction of sp³-hybridized carbons (Fsp3) is 0.286. The van der Waals surface area contributed by atoms with E-state index in [2.05, 4.69) is 9.82 Å². The van der Waals surface area contributed by atoms with E-state index in [0.29, 0.717) is 16.9 Å². The van der Waals surface area contributed by atoms with Crippen molar-refractivity contribution in [2.45, 2.75) is 18.7 Å². The molecule has 0 saturated carbocycles. The fourth-order valence-corrected chi connectivity index (χ4v) is 3.22. The van der Waals surface area contributed by atoms with Crippen molar-refractivity contribution in [1.82, 2.24) is 9.78 Å². The van der Waals surface area contributed by atoms with Crippen LogP contribution in [0.4, 0.5) is 5.69 Å². The van der Waals surface area contributed by atoms with Crippen molar-refractivity contribution in [3.05, 3.63) is 41.7 Å². The molecule has 1 heterocycles. The SMILES string of the molecule is CCOC(=O)c1ccc(NS(=O)(=O)c2cn(C)nc2C)cc1. The molecule has 0 amide bonds. The van der Waals surface area contributed by atoms with Crippen molar-refractivity contribution in [3.8, 4) is 0 Å². The highest BCUT2D eigenvalue weighted by atomic mass is 32.2. The number of esters is 1. The van der Waals surface area contributed by atoms with E-state index < -0.39 is 16.0 Å². The quantitative estimate of drug-likeness (QED) is 0.846. The molecule has 1 aromatic carbocycles. The summed E-state index contributed by atoms with van der Waals surface area (Å²) < 4.78 is 33.4. The van der Waals surface area contributed by atoms with Crippen LogP contribution >= 0.6 is 0 Å². The molecule has 0 fully saturated rings. The molecule has 8 heteroatoms. The van der Waals surface area contributed by atoms with Gasteiger partial charge in [-0.3, -0.25) is 9.40 Å². The van der Waals surface area contributed by atoms with E-state index in [9.17, 15) is 13.2 Å². The number of ether oxygens (including phenoxy) is 1. The minimum absolute atomic E-state index is 0.115. The maximum absolute atomic E-state index is 12.3. The first-order chi connectivity index (χ1) is 10.3. The Morgan fingerprint density at radius 3 is 2.45 bits per heavy atom. The summed E-state index contributed by atoms with van der Waals surface area (Å²) in [6.07, 6.45) is 1.44. The molecule has 0 aliphatic carbocycles. The highest BCUT2D eigenvalue weighted by Gasteiger charge is 2.20. The number of nitrogens with one attached hydrogen (secondary N) is 1. The van der Waals surface area contributed by atoms with Crippen molar-refractivity contribution in [1.29, 1.82) is 0 Å². The maximum atomic E-state index is 12.3. The summed E-state index contributed by atoms with van der Waals surface area (Å²) in [5.74, 6) is -0.444. The second-order valence-corrected chi connectivity index (χ2v) is 6.31. The number of benzene rings is 1. The van der Waals surface area contributed by atoms with Gasteiger partial charge in [0.15, 0.2) is 0 Å². The molecule has 1 N–H and O–H groups in total. The third-order valence-electron chi connectivity index (χ3n) is 2.91. The van der Waals surface area contributed by atoms with Crippen LogP contribution in [0.3, 0.4) is 0 Å². The number of anilines is 1. The first kappa shape index (κ1) is 16.0. The van der Waals surface area contributed by atoms with Crippen LogP contribution in [0.25, 0.3) is 0 Å². The molecular weight excluding hydrogens is 306 g/mol. The van der Waals surface area contributed by atoms with Gasteiger partial charge in [0, 0.05) is 18.9 Å². The number of rotatable bonds is 5. The first-order valence-electron chi connectivity index (χ1n) is 6.63. The Bertz CT molecular complexity index is 779. The van der Waals surface area contributed by atoms with E-state index in [0.717, 1.165) is 0 Å². The summed E-state index contributed by atoms with van der Waals surface area (Å²) in [6.45, 7) is 3.63.